The average molecular weight is 725 g/mol. The summed E-state index contributed by atoms with van der Waals surface area (Å²) in [5.41, 5.74) is 2.09. The lowest BCUT2D eigenvalue weighted by molar-refractivity contribution is -0.132. The highest BCUT2D eigenvalue weighted by atomic mass is 32.1. The predicted molar refractivity (Wildman–Crippen MR) is 196 cm³/mol. The molecule has 3 aromatic rings. The molecular weight excluding hydrogens is 672 g/mol. The third-order valence-electron chi connectivity index (χ3n) is 8.83. The normalized spacial score (nSPS) is 17.4. The van der Waals surface area contributed by atoms with Gasteiger partial charge in [0.1, 0.15) is 18.5 Å². The Morgan fingerprint density at radius 1 is 1.06 bits per heavy atom. The molecule has 51 heavy (non-hydrogen) atoms. The Morgan fingerprint density at radius 2 is 1.76 bits per heavy atom. The summed E-state index contributed by atoms with van der Waals surface area (Å²) in [6.07, 6.45) is -1.29. The van der Waals surface area contributed by atoms with E-state index in [1.165, 1.54) is 23.5 Å². The van der Waals surface area contributed by atoms with Gasteiger partial charge < -0.3 is 25.8 Å². The second-order valence-electron chi connectivity index (χ2n) is 14.6. The monoisotopic (exact) mass is 724 g/mol. The largest absolute Gasteiger partial charge is 0.443 e. The Labute approximate surface area is 305 Å². The fraction of sp³-hybridized carbons (Fsp3) is 0.526. The van der Waals surface area contributed by atoms with Gasteiger partial charge in [-0.2, -0.15) is 0 Å². The number of hydrogen-bond acceptors (Lipinski definition) is 9. The van der Waals surface area contributed by atoms with Crippen molar-refractivity contribution in [2.24, 2.45) is 11.8 Å². The number of carbonyl (C=O) groups is 3. The molecule has 1 aliphatic rings. The maximum absolute atomic E-state index is 13.8. The number of thiazole rings is 1. The molecule has 13 heteroatoms. The van der Waals surface area contributed by atoms with Gasteiger partial charge in [-0.3, -0.25) is 19.4 Å². The highest BCUT2D eigenvalue weighted by molar-refractivity contribution is 7.09. The van der Waals surface area contributed by atoms with Gasteiger partial charge >= 0.3 is 6.09 Å². The van der Waals surface area contributed by atoms with E-state index in [0.29, 0.717) is 38.3 Å². The van der Waals surface area contributed by atoms with Crippen molar-refractivity contribution < 1.29 is 28.6 Å². The second kappa shape index (κ2) is 18.5. The van der Waals surface area contributed by atoms with Crippen LogP contribution in [0.2, 0.25) is 0 Å². The summed E-state index contributed by atoms with van der Waals surface area (Å²) in [5.74, 6) is -1.46. The van der Waals surface area contributed by atoms with Gasteiger partial charge in [0, 0.05) is 50.2 Å². The van der Waals surface area contributed by atoms with E-state index < -0.39 is 35.7 Å². The lowest BCUT2D eigenvalue weighted by atomic mass is 9.93. The number of aryl methyl sites for hydroxylation is 1. The molecule has 0 radical (unpaired) electrons. The lowest BCUT2D eigenvalue weighted by Crippen LogP contribution is -2.63. The molecule has 11 nitrogen and oxygen atoms in total. The van der Waals surface area contributed by atoms with Crippen LogP contribution in [0.15, 0.2) is 60.0 Å². The molecule has 2 heterocycles. The standard InChI is InChI=1S/C38H53FN6O5S/c1-25(2)31(19-40-37(49)50-23-30-24-51-26(3)41-30)35(47)42-32(18-27-10-8-7-9-11-27)34(46)22-45-17-16-44(20-28-12-14-29(39)15-13-28)21-33(45)36(48)43-38(4,5)6/h7-15,24-25,31-34,46H,16-23H2,1-6H3,(H,40,49)(H,42,47)(H,43,48)/t31-,32+,33+,34-/m0/s1. The summed E-state index contributed by atoms with van der Waals surface area (Å²) in [5, 5.41) is 23.4. The molecule has 1 aliphatic heterocycles. The van der Waals surface area contributed by atoms with Crippen molar-refractivity contribution in [1.29, 1.82) is 0 Å². The van der Waals surface area contributed by atoms with Crippen LogP contribution in [0.3, 0.4) is 0 Å². The van der Waals surface area contributed by atoms with Gasteiger partial charge in [-0.05, 0) is 63.3 Å². The van der Waals surface area contributed by atoms with Crippen molar-refractivity contribution in [1.82, 2.24) is 30.7 Å². The molecule has 0 aliphatic carbocycles. The van der Waals surface area contributed by atoms with Crippen LogP contribution in [0.1, 0.15) is 56.4 Å². The maximum atomic E-state index is 13.8. The maximum Gasteiger partial charge on any atom is 0.407 e. The molecule has 1 aromatic heterocycles. The zero-order valence-electron chi connectivity index (χ0n) is 30.5. The number of nitrogens with one attached hydrogen (secondary N) is 3. The number of aliphatic hydroxyl groups is 1. The predicted octanol–water partition coefficient (Wildman–Crippen LogP) is 4.28. The molecule has 0 spiro atoms. The number of aliphatic hydroxyl groups excluding tert-OH is 1. The SMILES string of the molecule is Cc1nc(COC(=O)NC[C@H](C(=O)N[C@H](Cc2ccccc2)[C@@H](O)CN2CCN(Cc3ccc(F)cc3)C[C@@H]2C(=O)NC(C)(C)C)C(C)C)cs1. The van der Waals surface area contributed by atoms with Crippen molar-refractivity contribution in [3.8, 4) is 0 Å². The van der Waals surface area contributed by atoms with Gasteiger partial charge in [0.15, 0.2) is 0 Å². The fourth-order valence-corrected chi connectivity index (χ4v) is 6.68. The van der Waals surface area contributed by atoms with Gasteiger partial charge in [0.05, 0.1) is 28.8 Å². The highest BCUT2D eigenvalue weighted by Gasteiger charge is 2.37. The Morgan fingerprint density at radius 3 is 2.39 bits per heavy atom. The van der Waals surface area contributed by atoms with Gasteiger partial charge in [0.25, 0.3) is 0 Å². The summed E-state index contributed by atoms with van der Waals surface area (Å²) in [7, 11) is 0. The Balaban J connectivity index is 1.45. The molecule has 3 amide bonds. The average Bonchev–Trinajstić information content (AvgIpc) is 3.49. The molecule has 4 rings (SSSR count). The van der Waals surface area contributed by atoms with Gasteiger partial charge in [-0.25, -0.2) is 14.2 Å². The van der Waals surface area contributed by atoms with Gasteiger partial charge in [0.2, 0.25) is 11.8 Å². The van der Waals surface area contributed by atoms with Crippen molar-refractivity contribution in [3.63, 3.8) is 0 Å². The van der Waals surface area contributed by atoms with E-state index in [-0.39, 0.29) is 43.2 Å². The van der Waals surface area contributed by atoms with Crippen LogP contribution in [-0.2, 0) is 33.9 Å². The summed E-state index contributed by atoms with van der Waals surface area (Å²) in [6, 6.07) is 14.7. The zero-order valence-corrected chi connectivity index (χ0v) is 31.3. The van der Waals surface area contributed by atoms with E-state index in [1.807, 2.05) is 82.2 Å². The summed E-state index contributed by atoms with van der Waals surface area (Å²) < 4.78 is 18.8. The first-order valence-electron chi connectivity index (χ1n) is 17.5. The minimum atomic E-state index is -1.02. The minimum absolute atomic E-state index is 0.0370. The highest BCUT2D eigenvalue weighted by Crippen LogP contribution is 2.19. The lowest BCUT2D eigenvalue weighted by Gasteiger charge is -2.43. The fourth-order valence-electron chi connectivity index (χ4n) is 6.09. The summed E-state index contributed by atoms with van der Waals surface area (Å²) >= 11 is 1.47. The molecule has 4 atom stereocenters. The number of halogens is 1. The minimum Gasteiger partial charge on any atom is -0.443 e. The van der Waals surface area contributed by atoms with E-state index in [4.69, 9.17) is 4.74 Å². The van der Waals surface area contributed by atoms with Crippen LogP contribution in [0.4, 0.5) is 9.18 Å². The summed E-state index contributed by atoms with van der Waals surface area (Å²) in [4.78, 5) is 48.4. The number of nitrogens with zero attached hydrogens (tertiary/aromatic N) is 3. The van der Waals surface area contributed by atoms with Crippen LogP contribution in [-0.4, -0.2) is 94.2 Å². The van der Waals surface area contributed by atoms with E-state index in [0.717, 1.165) is 16.1 Å². The van der Waals surface area contributed by atoms with E-state index in [2.05, 4.69) is 25.8 Å². The molecule has 4 N–H and O–H groups in total. The molecular formula is C38H53FN6O5S. The molecule has 0 saturated carbocycles. The number of aromatic nitrogens is 1. The van der Waals surface area contributed by atoms with Crippen LogP contribution in [0.5, 0.6) is 0 Å². The number of rotatable bonds is 15. The van der Waals surface area contributed by atoms with Gasteiger partial charge in [-0.1, -0.05) is 56.3 Å². The molecule has 2 aromatic carbocycles. The molecule has 1 saturated heterocycles. The number of piperazine rings is 1. The number of benzene rings is 2. The van der Waals surface area contributed by atoms with E-state index >= 15 is 0 Å². The van der Waals surface area contributed by atoms with Crippen molar-refractivity contribution >= 4 is 29.2 Å². The zero-order chi connectivity index (χ0) is 37.1. The van der Waals surface area contributed by atoms with Crippen molar-refractivity contribution in [2.75, 3.05) is 32.7 Å². The molecule has 0 bridgehead atoms. The third-order valence-corrected chi connectivity index (χ3v) is 9.66. The number of β-amino-alcohol motifs (C(OH)–C–C–N with tert-alkyl or cyclic N) is 1. The topological polar surface area (TPSA) is 136 Å². The first-order chi connectivity index (χ1) is 24.2. The first-order valence-corrected chi connectivity index (χ1v) is 18.4. The summed E-state index contributed by atoms with van der Waals surface area (Å²) in [6.45, 7) is 13.8. The van der Waals surface area contributed by atoms with Crippen LogP contribution < -0.4 is 16.0 Å². The number of alkyl carbamates (subject to hydrolysis) is 1. The van der Waals surface area contributed by atoms with Crippen molar-refractivity contribution in [2.45, 2.75) is 84.8 Å². The van der Waals surface area contributed by atoms with E-state index in [1.54, 1.807) is 12.1 Å². The van der Waals surface area contributed by atoms with Crippen LogP contribution in [0, 0.1) is 24.6 Å². The van der Waals surface area contributed by atoms with Crippen molar-refractivity contribution in [3.05, 3.63) is 87.6 Å². The molecule has 1 fully saturated rings. The Kier molecular flexibility index (Phi) is 14.5. The quantitative estimate of drug-likeness (QED) is 0.183. The number of amides is 3. The second-order valence-corrected chi connectivity index (χ2v) is 15.7. The van der Waals surface area contributed by atoms with E-state index in [9.17, 15) is 23.9 Å². The molecule has 0 unspecified atom stereocenters. The number of hydrogen-bond donors (Lipinski definition) is 4. The number of ether oxygens (including phenoxy) is 1. The number of carbonyl (C=O) groups excluding carboxylic acids is 3. The first kappa shape index (κ1) is 39.9. The Hall–Kier alpha value is -3.91. The third kappa shape index (κ3) is 13.0. The van der Waals surface area contributed by atoms with Crippen LogP contribution >= 0.6 is 11.3 Å². The Bertz CT molecular complexity index is 1560. The smallest absolute Gasteiger partial charge is 0.407 e. The molecule has 278 valence electrons. The van der Waals surface area contributed by atoms with Crippen LogP contribution in [0.25, 0.3) is 0 Å². The van der Waals surface area contributed by atoms with Gasteiger partial charge in [-0.15, -0.1) is 11.3 Å².